The molecule has 6 rings (SSSR count). The predicted octanol–water partition coefficient (Wildman–Crippen LogP) is 2.56. The van der Waals surface area contributed by atoms with E-state index in [1.54, 1.807) is 0 Å². The van der Waals surface area contributed by atoms with Crippen LogP contribution in [0, 0.1) is 0 Å². The second-order valence-corrected chi connectivity index (χ2v) is 12.9. The molecule has 0 bridgehead atoms. The number of rotatable bonds is 3. The van der Waals surface area contributed by atoms with Gasteiger partial charge in [-0.1, -0.05) is 161 Å². The van der Waals surface area contributed by atoms with Gasteiger partial charge in [-0.2, -0.15) is 0 Å². The minimum atomic E-state index is -0.0784. The summed E-state index contributed by atoms with van der Waals surface area (Å²) < 4.78 is 0. The van der Waals surface area contributed by atoms with Gasteiger partial charge in [0.1, 0.15) is 0 Å². The zero-order valence-electron chi connectivity index (χ0n) is 25.3. The van der Waals surface area contributed by atoms with Gasteiger partial charge in [0.15, 0.2) is 0 Å². The Morgan fingerprint density at radius 3 is 1.79 bits per heavy atom. The molecule has 0 aliphatic heterocycles. The van der Waals surface area contributed by atoms with Crippen LogP contribution in [-0.2, 0) is 36.7 Å². The van der Waals surface area contributed by atoms with Crippen molar-refractivity contribution in [1.82, 2.24) is 0 Å². The molecule has 0 radical (unpaired) electrons. The molecule has 0 nitrogen and oxygen atoms in total. The molecule has 42 heavy (non-hydrogen) atoms. The molecule has 4 aromatic carbocycles. The van der Waals surface area contributed by atoms with Gasteiger partial charge in [0, 0.05) is 25.8 Å². The van der Waals surface area contributed by atoms with Crippen LogP contribution in [0.2, 0.25) is 0 Å². The van der Waals surface area contributed by atoms with Crippen LogP contribution in [0.4, 0.5) is 0 Å². The van der Waals surface area contributed by atoms with Gasteiger partial charge < -0.3 is 24.8 Å². The van der Waals surface area contributed by atoms with Crippen molar-refractivity contribution < 1.29 is 50.7 Å². The normalized spacial score (nSPS) is 13.0. The van der Waals surface area contributed by atoms with Crippen molar-refractivity contribution in [3.05, 3.63) is 147 Å². The molecule has 0 saturated carbocycles. The van der Waals surface area contributed by atoms with Gasteiger partial charge in [0.25, 0.3) is 0 Å². The summed E-state index contributed by atoms with van der Waals surface area (Å²) in [5.74, 6) is 0. The molecule has 4 aromatic rings. The molecule has 0 amide bonds. The van der Waals surface area contributed by atoms with E-state index in [0.717, 1.165) is 6.42 Å². The first-order chi connectivity index (χ1) is 18.6. The molecule has 0 spiro atoms. The van der Waals surface area contributed by atoms with E-state index in [1.165, 1.54) is 66.1 Å². The van der Waals surface area contributed by atoms with E-state index in [4.69, 9.17) is 0 Å². The van der Waals surface area contributed by atoms with Crippen molar-refractivity contribution in [2.24, 2.45) is 0 Å². The molecule has 2 aliphatic carbocycles. The number of hydrogen-bond donors (Lipinski definition) is 0. The third kappa shape index (κ3) is 6.26. The van der Waals surface area contributed by atoms with Crippen molar-refractivity contribution in [3.63, 3.8) is 0 Å². The van der Waals surface area contributed by atoms with E-state index in [2.05, 4.69) is 151 Å². The zero-order chi connectivity index (χ0) is 27.4. The molecule has 2 aliphatic rings. The topological polar surface area (TPSA) is 0 Å². The van der Waals surface area contributed by atoms with Crippen LogP contribution in [0.5, 0.6) is 0 Å². The molecule has 0 saturated heterocycles. The maximum absolute atomic E-state index is 3.92. The van der Waals surface area contributed by atoms with Gasteiger partial charge in [-0.15, -0.1) is 34.1 Å². The largest absolute Gasteiger partial charge is 1.00 e. The van der Waals surface area contributed by atoms with Gasteiger partial charge in [-0.3, -0.25) is 0 Å². The molecular formula is C39H37Cl2Hf-3. The van der Waals surface area contributed by atoms with Gasteiger partial charge in [-0.25, -0.2) is 0 Å². The summed E-state index contributed by atoms with van der Waals surface area (Å²) in [5, 5.41) is 2.57. The summed E-state index contributed by atoms with van der Waals surface area (Å²) in [5.41, 5.74) is 13.1. The number of hydrogen-bond acceptors (Lipinski definition) is 0. The Morgan fingerprint density at radius 2 is 1.29 bits per heavy atom. The fourth-order valence-electron chi connectivity index (χ4n) is 6.13. The van der Waals surface area contributed by atoms with Crippen LogP contribution >= 0.6 is 0 Å². The van der Waals surface area contributed by atoms with Crippen molar-refractivity contribution in [2.45, 2.75) is 58.8 Å². The Bertz CT molecular complexity index is 1720. The summed E-state index contributed by atoms with van der Waals surface area (Å²) >= 11 is 0. The third-order valence-electron chi connectivity index (χ3n) is 8.00. The fourth-order valence-corrected chi connectivity index (χ4v) is 6.13. The molecule has 0 atom stereocenters. The molecule has 3 heteroatoms. The Hall–Kier alpha value is -2.45. The Morgan fingerprint density at radius 1 is 0.690 bits per heavy atom. The number of halogens is 2. The summed E-state index contributed by atoms with van der Waals surface area (Å²) in [6.45, 7) is 13.9. The minimum Gasteiger partial charge on any atom is -1.00 e. The summed E-state index contributed by atoms with van der Waals surface area (Å²) in [6.07, 6.45) is 11.7. The number of fused-ring (bicyclic) bond motifs is 3. The van der Waals surface area contributed by atoms with Crippen molar-refractivity contribution in [2.75, 3.05) is 0 Å². The SMILES string of the molecule is CC(C)(C)c1ccc2c(c1)[C-]=c1c-2cc(=C(c2ccccc2)c2ccccc2)c(C(C)(C)C)c1C1=CC=CC1.[Cl-].[Cl-].[Hf]. The second kappa shape index (κ2) is 13.0. The predicted molar refractivity (Wildman–Crippen MR) is 167 cm³/mol. The Balaban J connectivity index is 0.00000161. The first kappa shape index (κ1) is 34.0. The van der Waals surface area contributed by atoms with Crippen LogP contribution in [0.3, 0.4) is 0 Å². The third-order valence-corrected chi connectivity index (χ3v) is 8.00. The van der Waals surface area contributed by atoms with Gasteiger partial charge >= 0.3 is 0 Å². The van der Waals surface area contributed by atoms with E-state index >= 15 is 0 Å². The molecule has 0 fully saturated rings. The van der Waals surface area contributed by atoms with Gasteiger partial charge in [0.05, 0.1) is 0 Å². The maximum Gasteiger partial charge on any atom is 0 e. The second-order valence-electron chi connectivity index (χ2n) is 12.9. The first-order valence-corrected chi connectivity index (χ1v) is 14.1. The number of benzene rings is 4. The molecule has 0 heterocycles. The van der Waals surface area contributed by atoms with Crippen molar-refractivity contribution in [1.29, 1.82) is 0 Å². The van der Waals surface area contributed by atoms with Gasteiger partial charge in [0.2, 0.25) is 0 Å². The van der Waals surface area contributed by atoms with Crippen molar-refractivity contribution in [3.8, 4) is 11.1 Å². The van der Waals surface area contributed by atoms with Crippen LogP contribution < -0.4 is 35.3 Å². The van der Waals surface area contributed by atoms with E-state index in [-0.39, 0.29) is 61.5 Å². The quantitative estimate of drug-likeness (QED) is 0.197. The zero-order valence-corrected chi connectivity index (χ0v) is 30.4. The maximum atomic E-state index is 3.92. The molecule has 0 N–H and O–H groups in total. The smallest absolute Gasteiger partial charge is 0 e. The Labute approximate surface area is 283 Å². The van der Waals surface area contributed by atoms with Gasteiger partial charge in [-0.05, 0) is 39.2 Å². The van der Waals surface area contributed by atoms with Crippen LogP contribution in [0.15, 0.2) is 103 Å². The summed E-state index contributed by atoms with van der Waals surface area (Å²) in [7, 11) is 0. The first-order valence-electron chi connectivity index (χ1n) is 14.1. The number of allylic oxidation sites excluding steroid dienone is 4. The van der Waals surface area contributed by atoms with E-state index in [9.17, 15) is 0 Å². The standard InChI is InChI=1S/C39H37.2ClH.Hf/c1-38(2,3)30-21-22-31-29(23-30)24-33-32(31)25-34(37(39(4,5)6)36(33)28-19-13-14-20-28)35(26-15-9-7-10-16-26)27-17-11-8-12-18-27;;;/h7-19,21-23,25H,20H2,1-6H3;2*1H;/q-1;;;/p-2. The van der Waals surface area contributed by atoms with Crippen molar-refractivity contribution >= 4 is 17.2 Å². The van der Waals surface area contributed by atoms with E-state index in [0.29, 0.717) is 0 Å². The van der Waals surface area contributed by atoms with Crippen LogP contribution in [-0.4, -0.2) is 0 Å². The summed E-state index contributed by atoms with van der Waals surface area (Å²) in [4.78, 5) is 0. The molecule has 214 valence electrons. The minimum absolute atomic E-state index is 0. The van der Waals surface area contributed by atoms with Crippen LogP contribution in [0.25, 0.3) is 28.3 Å². The van der Waals surface area contributed by atoms with E-state index < -0.39 is 0 Å². The Kier molecular flexibility index (Phi) is 10.6. The van der Waals surface area contributed by atoms with Crippen LogP contribution in [0.1, 0.15) is 81.3 Å². The summed E-state index contributed by atoms with van der Waals surface area (Å²) in [6, 6.07) is 31.3. The van der Waals surface area contributed by atoms with E-state index in [1.807, 2.05) is 0 Å². The molecular weight excluding hydrogens is 718 g/mol. The average Bonchev–Trinajstić information content (AvgIpc) is 3.56. The molecule has 0 unspecified atom stereocenters. The monoisotopic (exact) mass is 755 g/mol. The average molecular weight is 755 g/mol. The molecule has 0 aromatic heterocycles. The fraction of sp³-hybridized carbons (Fsp3) is 0.231.